The van der Waals surface area contributed by atoms with Crippen LogP contribution in [0.15, 0.2) is 48.8 Å². The van der Waals surface area contributed by atoms with Crippen LogP contribution in [0.2, 0.25) is 0 Å². The molecule has 0 bridgehead atoms. The van der Waals surface area contributed by atoms with Gasteiger partial charge in [-0.25, -0.2) is 0 Å². The van der Waals surface area contributed by atoms with Gasteiger partial charge in [-0.15, -0.1) is 0 Å². The summed E-state index contributed by atoms with van der Waals surface area (Å²) < 4.78 is 0. The van der Waals surface area contributed by atoms with Crippen molar-refractivity contribution in [3.63, 3.8) is 0 Å². The molecule has 1 atom stereocenters. The molecule has 0 aliphatic heterocycles. The topological polar surface area (TPSA) is 71.2 Å². The zero-order valence-corrected chi connectivity index (χ0v) is 10.1. The normalized spacial score (nSPS) is 12.1. The van der Waals surface area contributed by atoms with Gasteiger partial charge in [0.2, 0.25) is 0 Å². The molecular formula is C14H17N3O. The van der Waals surface area contributed by atoms with Crippen molar-refractivity contribution in [2.45, 2.75) is 12.5 Å². The van der Waals surface area contributed by atoms with Crippen molar-refractivity contribution >= 4 is 11.4 Å². The molecule has 0 saturated carbocycles. The van der Waals surface area contributed by atoms with Crippen LogP contribution in [-0.4, -0.2) is 22.7 Å². The lowest BCUT2D eigenvalue weighted by Gasteiger charge is -2.17. The number of nitrogens with zero attached hydrogens (tertiary/aromatic N) is 1. The van der Waals surface area contributed by atoms with E-state index < -0.39 is 0 Å². The van der Waals surface area contributed by atoms with E-state index >= 15 is 0 Å². The molecule has 1 unspecified atom stereocenters. The Morgan fingerprint density at radius 1 is 1.22 bits per heavy atom. The molecule has 4 heteroatoms. The third kappa shape index (κ3) is 3.46. The number of nitrogen functional groups attached to an aromatic ring is 1. The summed E-state index contributed by atoms with van der Waals surface area (Å²) in [6, 6.07) is 11.8. The van der Waals surface area contributed by atoms with Gasteiger partial charge in [0.25, 0.3) is 0 Å². The molecule has 0 aliphatic carbocycles. The summed E-state index contributed by atoms with van der Waals surface area (Å²) in [5, 5.41) is 12.6. The predicted octanol–water partition coefficient (Wildman–Crippen LogP) is 1.68. The van der Waals surface area contributed by atoms with Gasteiger partial charge in [0, 0.05) is 6.20 Å². The van der Waals surface area contributed by atoms with Crippen molar-refractivity contribution in [2.24, 2.45) is 0 Å². The minimum absolute atomic E-state index is 0.0454. The molecule has 94 valence electrons. The average Bonchev–Trinajstić information content (AvgIpc) is 2.39. The molecule has 0 aliphatic rings. The van der Waals surface area contributed by atoms with E-state index in [1.54, 1.807) is 18.5 Å². The maximum Gasteiger partial charge on any atom is 0.0636 e. The fourth-order valence-electron chi connectivity index (χ4n) is 1.83. The molecule has 18 heavy (non-hydrogen) atoms. The lowest BCUT2D eigenvalue weighted by molar-refractivity contribution is 0.273. The second kappa shape index (κ2) is 6.02. The van der Waals surface area contributed by atoms with Crippen molar-refractivity contribution in [3.8, 4) is 0 Å². The average molecular weight is 243 g/mol. The standard InChI is InChI=1S/C14H17N3O/c15-12-7-13(9-16-8-12)17-14(10-18)6-11-4-2-1-3-5-11/h1-5,7-9,14,17-18H,6,10,15H2. The van der Waals surface area contributed by atoms with E-state index in [0.717, 1.165) is 12.1 Å². The summed E-state index contributed by atoms with van der Waals surface area (Å²) in [4.78, 5) is 4.01. The number of anilines is 2. The highest BCUT2D eigenvalue weighted by atomic mass is 16.3. The van der Waals surface area contributed by atoms with Crippen LogP contribution in [0.5, 0.6) is 0 Å². The number of rotatable bonds is 5. The zero-order chi connectivity index (χ0) is 12.8. The number of benzene rings is 1. The number of hydrogen-bond donors (Lipinski definition) is 3. The molecule has 1 aromatic heterocycles. The summed E-state index contributed by atoms with van der Waals surface area (Å²) in [5.74, 6) is 0. The second-order valence-electron chi connectivity index (χ2n) is 4.22. The Balaban J connectivity index is 2.01. The van der Waals surface area contributed by atoms with Crippen LogP contribution >= 0.6 is 0 Å². The maximum absolute atomic E-state index is 9.40. The number of pyridine rings is 1. The predicted molar refractivity (Wildman–Crippen MR) is 73.3 cm³/mol. The first-order valence-electron chi connectivity index (χ1n) is 5.90. The van der Waals surface area contributed by atoms with Gasteiger partial charge >= 0.3 is 0 Å². The highest BCUT2D eigenvalue weighted by Gasteiger charge is 2.08. The molecule has 2 rings (SSSR count). The van der Waals surface area contributed by atoms with Crippen LogP contribution in [0.4, 0.5) is 11.4 Å². The molecule has 1 heterocycles. The first-order valence-corrected chi connectivity index (χ1v) is 5.90. The van der Waals surface area contributed by atoms with Gasteiger partial charge < -0.3 is 16.2 Å². The van der Waals surface area contributed by atoms with Gasteiger partial charge in [-0.3, -0.25) is 4.98 Å². The van der Waals surface area contributed by atoms with Crippen LogP contribution < -0.4 is 11.1 Å². The molecule has 0 radical (unpaired) electrons. The number of aliphatic hydroxyl groups excluding tert-OH is 1. The monoisotopic (exact) mass is 243 g/mol. The molecule has 0 fully saturated rings. The number of nitrogens with two attached hydrogens (primary N) is 1. The van der Waals surface area contributed by atoms with Gasteiger partial charge in [0.15, 0.2) is 0 Å². The summed E-state index contributed by atoms with van der Waals surface area (Å²) in [6.07, 6.45) is 4.05. The van der Waals surface area contributed by atoms with E-state index in [0.29, 0.717) is 5.69 Å². The molecule has 4 N–H and O–H groups in total. The van der Waals surface area contributed by atoms with Gasteiger partial charge in [0.05, 0.1) is 30.2 Å². The van der Waals surface area contributed by atoms with E-state index in [9.17, 15) is 5.11 Å². The third-order valence-corrected chi connectivity index (χ3v) is 2.68. The van der Waals surface area contributed by atoms with Gasteiger partial charge in [-0.2, -0.15) is 0 Å². The lowest BCUT2D eigenvalue weighted by Crippen LogP contribution is -2.26. The van der Waals surface area contributed by atoms with E-state index in [4.69, 9.17) is 5.73 Å². The SMILES string of the molecule is Nc1cncc(NC(CO)Cc2ccccc2)c1. The minimum Gasteiger partial charge on any atom is -0.397 e. The van der Waals surface area contributed by atoms with E-state index in [2.05, 4.69) is 10.3 Å². The van der Waals surface area contributed by atoms with E-state index in [-0.39, 0.29) is 12.6 Å². The molecule has 0 saturated heterocycles. The van der Waals surface area contributed by atoms with Gasteiger partial charge in [-0.05, 0) is 18.1 Å². The van der Waals surface area contributed by atoms with Gasteiger partial charge in [0.1, 0.15) is 0 Å². The molecule has 2 aromatic rings. The van der Waals surface area contributed by atoms with Crippen LogP contribution in [0.25, 0.3) is 0 Å². The summed E-state index contributed by atoms with van der Waals surface area (Å²) >= 11 is 0. The summed E-state index contributed by atoms with van der Waals surface area (Å²) in [5.41, 5.74) is 8.28. The molecule has 1 aromatic carbocycles. The quantitative estimate of drug-likeness (QED) is 0.747. The second-order valence-corrected chi connectivity index (χ2v) is 4.22. The van der Waals surface area contributed by atoms with Crippen molar-refractivity contribution < 1.29 is 5.11 Å². The Hall–Kier alpha value is -2.07. The van der Waals surface area contributed by atoms with Crippen LogP contribution in [0.3, 0.4) is 0 Å². The molecule has 4 nitrogen and oxygen atoms in total. The van der Waals surface area contributed by atoms with Gasteiger partial charge in [-0.1, -0.05) is 30.3 Å². The van der Waals surface area contributed by atoms with Crippen molar-refractivity contribution in [1.82, 2.24) is 4.98 Å². The fraction of sp³-hybridized carbons (Fsp3) is 0.214. The molecular weight excluding hydrogens is 226 g/mol. The lowest BCUT2D eigenvalue weighted by atomic mass is 10.1. The van der Waals surface area contributed by atoms with E-state index in [1.807, 2.05) is 30.3 Å². The highest BCUT2D eigenvalue weighted by molar-refractivity contribution is 5.51. The van der Waals surface area contributed by atoms with Crippen molar-refractivity contribution in [2.75, 3.05) is 17.7 Å². The summed E-state index contributed by atoms with van der Waals surface area (Å²) in [6.45, 7) is 0.0592. The summed E-state index contributed by atoms with van der Waals surface area (Å²) in [7, 11) is 0. The largest absolute Gasteiger partial charge is 0.397 e. The van der Waals surface area contributed by atoms with E-state index in [1.165, 1.54) is 5.56 Å². The number of hydrogen-bond acceptors (Lipinski definition) is 4. The van der Waals surface area contributed by atoms with Crippen molar-refractivity contribution in [3.05, 3.63) is 54.4 Å². The first-order chi connectivity index (χ1) is 8.78. The molecule has 0 amide bonds. The Morgan fingerprint density at radius 3 is 2.67 bits per heavy atom. The molecule has 0 spiro atoms. The number of nitrogens with one attached hydrogen (secondary N) is 1. The zero-order valence-electron chi connectivity index (χ0n) is 10.1. The number of aromatic nitrogens is 1. The number of aliphatic hydroxyl groups is 1. The van der Waals surface area contributed by atoms with Crippen molar-refractivity contribution in [1.29, 1.82) is 0 Å². The Kier molecular flexibility index (Phi) is 4.15. The Labute approximate surface area is 106 Å². The minimum atomic E-state index is -0.0454. The first kappa shape index (κ1) is 12.4. The van der Waals surface area contributed by atoms with Crippen LogP contribution in [0, 0.1) is 0 Å². The highest BCUT2D eigenvalue weighted by Crippen LogP contribution is 2.13. The Morgan fingerprint density at radius 2 is 2.00 bits per heavy atom. The fourth-order valence-corrected chi connectivity index (χ4v) is 1.83. The maximum atomic E-state index is 9.40. The van der Waals surface area contributed by atoms with Crippen LogP contribution in [-0.2, 0) is 6.42 Å². The Bertz CT molecular complexity index is 487. The third-order valence-electron chi connectivity index (χ3n) is 2.68. The smallest absolute Gasteiger partial charge is 0.0636 e. The van der Waals surface area contributed by atoms with Crippen LogP contribution in [0.1, 0.15) is 5.56 Å².